The van der Waals surface area contributed by atoms with Gasteiger partial charge in [-0.2, -0.15) is 5.10 Å². The molecule has 0 aliphatic rings. The topological polar surface area (TPSA) is 55.1 Å². The SMILES string of the molecule is Cn1ncc(Br)c1C(=O)C(C)(C)O. The number of aliphatic hydroxyl groups is 1. The fourth-order valence-corrected chi connectivity index (χ4v) is 1.48. The van der Waals surface area contributed by atoms with Gasteiger partial charge in [-0.25, -0.2) is 0 Å². The van der Waals surface area contributed by atoms with Gasteiger partial charge in [-0.1, -0.05) is 0 Å². The minimum atomic E-state index is -1.36. The molecule has 0 aliphatic carbocycles. The number of rotatable bonds is 2. The predicted molar refractivity (Wildman–Crippen MR) is 51.5 cm³/mol. The van der Waals surface area contributed by atoms with E-state index in [2.05, 4.69) is 21.0 Å². The van der Waals surface area contributed by atoms with Crippen LogP contribution in [0, 0.1) is 0 Å². The summed E-state index contributed by atoms with van der Waals surface area (Å²) in [5.74, 6) is -0.348. The van der Waals surface area contributed by atoms with Crippen LogP contribution in [0.15, 0.2) is 10.7 Å². The standard InChI is InChI=1S/C8H11BrN2O2/c1-8(2,13)7(12)6-5(9)4-10-11(6)3/h4,13H,1-3H3. The summed E-state index contributed by atoms with van der Waals surface area (Å²) in [4.78, 5) is 11.6. The van der Waals surface area contributed by atoms with Gasteiger partial charge < -0.3 is 5.11 Å². The third-order valence-electron chi connectivity index (χ3n) is 1.66. The molecule has 0 bridgehead atoms. The van der Waals surface area contributed by atoms with E-state index in [4.69, 9.17) is 0 Å². The van der Waals surface area contributed by atoms with Gasteiger partial charge >= 0.3 is 0 Å². The first-order valence-electron chi connectivity index (χ1n) is 3.78. The highest BCUT2D eigenvalue weighted by Crippen LogP contribution is 2.20. The zero-order chi connectivity index (χ0) is 10.2. The number of halogens is 1. The number of carbonyl (C=O) groups is 1. The number of hydrogen-bond donors (Lipinski definition) is 1. The van der Waals surface area contributed by atoms with Crippen LogP contribution in [0.25, 0.3) is 0 Å². The second-order valence-electron chi connectivity index (χ2n) is 3.35. The molecule has 0 radical (unpaired) electrons. The van der Waals surface area contributed by atoms with E-state index >= 15 is 0 Å². The molecule has 0 aliphatic heterocycles. The third-order valence-corrected chi connectivity index (χ3v) is 2.25. The number of carbonyl (C=O) groups excluding carboxylic acids is 1. The second kappa shape index (κ2) is 3.23. The first-order valence-corrected chi connectivity index (χ1v) is 4.58. The molecule has 0 amide bonds. The molecule has 0 saturated heterocycles. The number of aromatic nitrogens is 2. The van der Waals surface area contributed by atoms with Crippen molar-refractivity contribution in [1.82, 2.24) is 9.78 Å². The highest BCUT2D eigenvalue weighted by atomic mass is 79.9. The van der Waals surface area contributed by atoms with Crippen molar-refractivity contribution in [2.24, 2.45) is 7.05 Å². The summed E-state index contributed by atoms with van der Waals surface area (Å²) in [6, 6.07) is 0. The fourth-order valence-electron chi connectivity index (χ4n) is 0.956. The van der Waals surface area contributed by atoms with Crippen LogP contribution in [0.2, 0.25) is 0 Å². The van der Waals surface area contributed by atoms with E-state index in [-0.39, 0.29) is 5.78 Å². The van der Waals surface area contributed by atoms with Gasteiger partial charge in [0.15, 0.2) is 0 Å². The average Bonchev–Trinajstić information content (AvgIpc) is 2.28. The summed E-state index contributed by atoms with van der Waals surface area (Å²) in [6.07, 6.45) is 1.53. The summed E-state index contributed by atoms with van der Waals surface area (Å²) in [5.41, 5.74) is -0.983. The lowest BCUT2D eigenvalue weighted by Crippen LogP contribution is -2.32. The van der Waals surface area contributed by atoms with Crippen molar-refractivity contribution in [3.63, 3.8) is 0 Å². The lowest BCUT2D eigenvalue weighted by atomic mass is 10.0. The van der Waals surface area contributed by atoms with Gasteiger partial charge in [-0.3, -0.25) is 9.48 Å². The Morgan fingerprint density at radius 3 is 2.54 bits per heavy atom. The highest BCUT2D eigenvalue weighted by Gasteiger charge is 2.29. The monoisotopic (exact) mass is 246 g/mol. The van der Waals surface area contributed by atoms with Gasteiger partial charge in [-0.15, -0.1) is 0 Å². The first kappa shape index (κ1) is 10.4. The number of aryl methyl sites for hydroxylation is 1. The smallest absolute Gasteiger partial charge is 0.212 e. The normalized spacial score (nSPS) is 11.8. The van der Waals surface area contributed by atoms with E-state index in [1.54, 1.807) is 7.05 Å². The first-order chi connectivity index (χ1) is 5.84. The van der Waals surface area contributed by atoms with E-state index < -0.39 is 5.60 Å². The third kappa shape index (κ3) is 1.97. The summed E-state index contributed by atoms with van der Waals surface area (Å²) < 4.78 is 2.03. The number of nitrogens with zero attached hydrogens (tertiary/aromatic N) is 2. The molecular formula is C8H11BrN2O2. The molecule has 0 spiro atoms. The molecule has 0 atom stereocenters. The Balaban J connectivity index is 3.16. The van der Waals surface area contributed by atoms with Gasteiger partial charge in [0, 0.05) is 7.05 Å². The molecule has 0 fully saturated rings. The van der Waals surface area contributed by atoms with Gasteiger partial charge in [0.05, 0.1) is 10.7 Å². The predicted octanol–water partition coefficient (Wildman–Crippen LogP) is 1.14. The second-order valence-corrected chi connectivity index (χ2v) is 4.21. The molecule has 1 N–H and O–H groups in total. The Morgan fingerprint density at radius 2 is 2.23 bits per heavy atom. The zero-order valence-electron chi connectivity index (χ0n) is 7.71. The summed E-state index contributed by atoms with van der Waals surface area (Å²) in [7, 11) is 1.66. The van der Waals surface area contributed by atoms with E-state index in [0.29, 0.717) is 10.2 Å². The highest BCUT2D eigenvalue weighted by molar-refractivity contribution is 9.10. The molecular weight excluding hydrogens is 236 g/mol. The number of ketones is 1. The van der Waals surface area contributed by atoms with Crippen molar-refractivity contribution < 1.29 is 9.90 Å². The van der Waals surface area contributed by atoms with Gasteiger partial charge in [0.1, 0.15) is 11.3 Å². The molecule has 13 heavy (non-hydrogen) atoms. The maximum Gasteiger partial charge on any atom is 0.212 e. The maximum atomic E-state index is 11.6. The molecule has 1 rings (SSSR count). The summed E-state index contributed by atoms with van der Waals surface area (Å²) in [6.45, 7) is 2.91. The quantitative estimate of drug-likeness (QED) is 0.797. The van der Waals surface area contributed by atoms with E-state index in [1.807, 2.05) is 0 Å². The van der Waals surface area contributed by atoms with Crippen LogP contribution >= 0.6 is 15.9 Å². The molecule has 0 saturated carbocycles. The number of hydrogen-bond acceptors (Lipinski definition) is 3. The Bertz CT molecular complexity index is 319. The van der Waals surface area contributed by atoms with Crippen LogP contribution in [0.1, 0.15) is 24.3 Å². The maximum absolute atomic E-state index is 11.6. The Morgan fingerprint density at radius 1 is 1.69 bits per heavy atom. The molecule has 72 valence electrons. The van der Waals surface area contributed by atoms with Gasteiger partial charge in [0.2, 0.25) is 5.78 Å². The molecule has 1 heterocycles. The van der Waals surface area contributed by atoms with Crippen molar-refractivity contribution in [2.75, 3.05) is 0 Å². The van der Waals surface area contributed by atoms with E-state index in [1.165, 1.54) is 24.7 Å². The van der Waals surface area contributed by atoms with Crippen LogP contribution in [-0.4, -0.2) is 26.3 Å². The van der Waals surface area contributed by atoms with Crippen molar-refractivity contribution in [3.05, 3.63) is 16.4 Å². The van der Waals surface area contributed by atoms with Crippen molar-refractivity contribution in [2.45, 2.75) is 19.4 Å². The van der Waals surface area contributed by atoms with Gasteiger partial charge in [-0.05, 0) is 29.8 Å². The van der Waals surface area contributed by atoms with Gasteiger partial charge in [0.25, 0.3) is 0 Å². The zero-order valence-corrected chi connectivity index (χ0v) is 9.29. The lowest BCUT2D eigenvalue weighted by Gasteiger charge is -2.15. The van der Waals surface area contributed by atoms with Crippen LogP contribution in [-0.2, 0) is 7.05 Å². The van der Waals surface area contributed by atoms with E-state index in [0.717, 1.165) is 0 Å². The molecule has 1 aromatic heterocycles. The van der Waals surface area contributed by atoms with Crippen LogP contribution < -0.4 is 0 Å². The lowest BCUT2D eigenvalue weighted by molar-refractivity contribution is 0.0476. The molecule has 0 aromatic carbocycles. The Labute approximate surface area is 84.7 Å². The van der Waals surface area contributed by atoms with Crippen LogP contribution in [0.5, 0.6) is 0 Å². The number of Topliss-reactive ketones (excluding diaryl/α,β-unsaturated/α-hetero) is 1. The molecule has 1 aromatic rings. The molecule has 0 unspecified atom stereocenters. The summed E-state index contributed by atoms with van der Waals surface area (Å²) >= 11 is 3.19. The summed E-state index contributed by atoms with van der Waals surface area (Å²) in [5, 5.41) is 13.4. The Kier molecular flexibility index (Phi) is 2.58. The van der Waals surface area contributed by atoms with Crippen LogP contribution in [0.4, 0.5) is 0 Å². The minimum Gasteiger partial charge on any atom is -0.382 e. The Hall–Kier alpha value is -0.680. The molecule has 5 heteroatoms. The fraction of sp³-hybridized carbons (Fsp3) is 0.500. The van der Waals surface area contributed by atoms with Crippen LogP contribution in [0.3, 0.4) is 0 Å². The largest absolute Gasteiger partial charge is 0.382 e. The van der Waals surface area contributed by atoms with Crippen molar-refractivity contribution in [3.8, 4) is 0 Å². The van der Waals surface area contributed by atoms with Crippen molar-refractivity contribution in [1.29, 1.82) is 0 Å². The minimum absolute atomic E-state index is 0.348. The molecule has 4 nitrogen and oxygen atoms in total. The average molecular weight is 247 g/mol. The van der Waals surface area contributed by atoms with E-state index in [9.17, 15) is 9.90 Å². The van der Waals surface area contributed by atoms with Crippen molar-refractivity contribution >= 4 is 21.7 Å².